The summed E-state index contributed by atoms with van der Waals surface area (Å²) in [6, 6.07) is 1.79. The maximum atomic E-state index is 13.3. The van der Waals surface area contributed by atoms with Crippen LogP contribution in [0.5, 0.6) is 0 Å². The van der Waals surface area contributed by atoms with E-state index in [-0.39, 0.29) is 6.54 Å². The van der Waals surface area contributed by atoms with Gasteiger partial charge in [0.2, 0.25) is 0 Å². The molecule has 1 unspecified atom stereocenters. The Morgan fingerprint density at radius 1 is 1.16 bits per heavy atom. The van der Waals surface area contributed by atoms with Gasteiger partial charge in [0.25, 0.3) is 5.91 Å². The zero-order valence-electron chi connectivity index (χ0n) is 13.7. The van der Waals surface area contributed by atoms with E-state index in [1.807, 2.05) is 0 Å². The van der Waals surface area contributed by atoms with Crippen molar-refractivity contribution in [2.75, 3.05) is 13.1 Å². The molecular weight excluding hydrogens is 355 g/mol. The molecule has 0 bridgehead atoms. The summed E-state index contributed by atoms with van der Waals surface area (Å²) in [6.45, 7) is -1.000. The number of nitrogens with zero attached hydrogens (tertiary/aromatic N) is 1. The summed E-state index contributed by atoms with van der Waals surface area (Å²) in [5.74, 6) is -2.39. The van der Waals surface area contributed by atoms with Crippen molar-refractivity contribution in [3.05, 3.63) is 21.4 Å². The molecule has 25 heavy (non-hydrogen) atoms. The number of carbonyl (C=O) groups is 2. The topological polar surface area (TPSA) is 57.6 Å². The number of thiophene rings is 1. The van der Waals surface area contributed by atoms with Crippen molar-refractivity contribution >= 4 is 23.2 Å². The van der Waals surface area contributed by atoms with Gasteiger partial charge in [0.15, 0.2) is 5.41 Å². The summed E-state index contributed by atoms with van der Waals surface area (Å²) in [5.41, 5.74) is -1.73. The van der Waals surface area contributed by atoms with Gasteiger partial charge >= 0.3 is 12.1 Å². The summed E-state index contributed by atoms with van der Waals surface area (Å²) < 4.78 is 39.8. The normalized spacial score (nSPS) is 24.5. The first kappa shape index (κ1) is 18.2. The second-order valence-corrected chi connectivity index (χ2v) is 7.97. The Kier molecular flexibility index (Phi) is 4.83. The highest BCUT2D eigenvalue weighted by atomic mass is 32.1. The second kappa shape index (κ2) is 6.63. The summed E-state index contributed by atoms with van der Waals surface area (Å²) in [6.07, 6.45) is 0.728. The largest absolute Gasteiger partial charge is 0.481 e. The average molecular weight is 375 g/mol. The first-order valence-corrected chi connectivity index (χ1v) is 9.27. The van der Waals surface area contributed by atoms with Crippen LogP contribution in [0.15, 0.2) is 6.07 Å². The molecule has 138 valence electrons. The van der Waals surface area contributed by atoms with Crippen LogP contribution in [0.2, 0.25) is 0 Å². The van der Waals surface area contributed by atoms with Gasteiger partial charge in [-0.2, -0.15) is 13.2 Å². The smallest absolute Gasteiger partial charge is 0.406 e. The number of amides is 1. The van der Waals surface area contributed by atoms with Gasteiger partial charge in [-0.15, -0.1) is 11.3 Å². The van der Waals surface area contributed by atoms with Crippen molar-refractivity contribution in [1.29, 1.82) is 0 Å². The molecule has 8 heteroatoms. The predicted octanol–water partition coefficient (Wildman–Crippen LogP) is 3.89. The number of aliphatic carboxylic acids is 1. The Balaban J connectivity index is 1.80. The van der Waals surface area contributed by atoms with E-state index in [0.29, 0.717) is 4.88 Å². The number of hydrogen-bond acceptors (Lipinski definition) is 3. The molecule has 1 fully saturated rings. The zero-order valence-corrected chi connectivity index (χ0v) is 14.5. The number of fused-ring (bicyclic) bond motifs is 1. The minimum atomic E-state index is -4.88. The van der Waals surface area contributed by atoms with E-state index >= 15 is 0 Å². The third kappa shape index (κ3) is 3.28. The Bertz CT molecular complexity index is 660. The standard InChI is InChI=1S/C17H20F3NO3S/c18-17(19,20)16(15(23)24)7-8-21(10-16)14(22)13-9-11-5-3-1-2-4-6-12(11)25-13/h9H,1-8,10H2,(H,23,24). The first-order chi connectivity index (χ1) is 11.7. The van der Waals surface area contributed by atoms with Crippen molar-refractivity contribution < 1.29 is 27.9 Å². The maximum Gasteiger partial charge on any atom is 0.406 e. The van der Waals surface area contributed by atoms with Gasteiger partial charge in [0.1, 0.15) is 0 Å². The lowest BCUT2D eigenvalue weighted by Crippen LogP contribution is -2.47. The van der Waals surface area contributed by atoms with Gasteiger partial charge in [0.05, 0.1) is 4.88 Å². The molecule has 0 spiro atoms. The van der Waals surface area contributed by atoms with Crippen LogP contribution in [0.3, 0.4) is 0 Å². The SMILES string of the molecule is O=C(c1cc2c(s1)CCCCCC2)N1CCC(C(=O)O)(C(F)(F)F)C1. The van der Waals surface area contributed by atoms with E-state index in [2.05, 4.69) is 0 Å². The monoisotopic (exact) mass is 375 g/mol. The minimum Gasteiger partial charge on any atom is -0.481 e. The Morgan fingerprint density at radius 3 is 2.44 bits per heavy atom. The predicted molar refractivity (Wildman–Crippen MR) is 86.8 cm³/mol. The molecule has 2 heterocycles. The fourth-order valence-electron chi connectivity index (χ4n) is 3.62. The Hall–Kier alpha value is -1.57. The second-order valence-electron chi connectivity index (χ2n) is 6.84. The van der Waals surface area contributed by atoms with Crippen LogP contribution < -0.4 is 0 Å². The average Bonchev–Trinajstić information content (AvgIpc) is 3.11. The van der Waals surface area contributed by atoms with E-state index in [4.69, 9.17) is 5.11 Å². The molecule has 4 nitrogen and oxygen atoms in total. The third-order valence-corrected chi connectivity index (χ3v) is 6.44. The van der Waals surface area contributed by atoms with Crippen molar-refractivity contribution in [2.45, 2.75) is 51.1 Å². The molecule has 1 aliphatic carbocycles. The zero-order chi connectivity index (χ0) is 18.2. The fourth-order valence-corrected chi connectivity index (χ4v) is 4.84. The van der Waals surface area contributed by atoms with E-state index in [9.17, 15) is 22.8 Å². The molecule has 1 atom stereocenters. The lowest BCUT2D eigenvalue weighted by atomic mass is 9.86. The number of hydrogen-bond donors (Lipinski definition) is 1. The van der Waals surface area contributed by atoms with Gasteiger partial charge in [-0.05, 0) is 43.7 Å². The number of carboxylic acid groups (broad SMARTS) is 1. The number of likely N-dealkylation sites (tertiary alicyclic amines) is 1. The van der Waals surface area contributed by atoms with Crippen LogP contribution in [0.1, 0.15) is 52.2 Å². The fraction of sp³-hybridized carbons (Fsp3) is 0.647. The Morgan fingerprint density at radius 2 is 1.84 bits per heavy atom. The minimum absolute atomic E-state index is 0.187. The van der Waals surface area contributed by atoms with Crippen LogP contribution in [0.25, 0.3) is 0 Å². The number of halogens is 3. The molecule has 1 saturated heterocycles. The van der Waals surface area contributed by atoms with Gasteiger partial charge in [-0.1, -0.05) is 12.8 Å². The summed E-state index contributed by atoms with van der Waals surface area (Å²) in [7, 11) is 0. The summed E-state index contributed by atoms with van der Waals surface area (Å²) in [5, 5.41) is 9.11. The van der Waals surface area contributed by atoms with E-state index in [1.54, 1.807) is 6.07 Å². The first-order valence-electron chi connectivity index (χ1n) is 8.45. The molecular formula is C17H20F3NO3S. The highest BCUT2D eigenvalue weighted by Crippen LogP contribution is 2.46. The lowest BCUT2D eigenvalue weighted by Gasteiger charge is -2.27. The summed E-state index contributed by atoms with van der Waals surface area (Å²) in [4.78, 5) is 26.5. The van der Waals surface area contributed by atoms with Crippen molar-refractivity contribution in [3.63, 3.8) is 0 Å². The molecule has 0 radical (unpaired) electrons. The number of carboxylic acids is 1. The van der Waals surface area contributed by atoms with Gasteiger partial charge in [-0.25, -0.2) is 0 Å². The van der Waals surface area contributed by atoms with Gasteiger partial charge in [-0.3, -0.25) is 9.59 Å². The highest BCUT2D eigenvalue weighted by Gasteiger charge is 2.64. The lowest BCUT2D eigenvalue weighted by molar-refractivity contribution is -0.227. The molecule has 1 N–H and O–H groups in total. The van der Waals surface area contributed by atoms with E-state index < -0.39 is 36.4 Å². The van der Waals surface area contributed by atoms with Crippen molar-refractivity contribution in [2.24, 2.45) is 5.41 Å². The molecule has 0 saturated carbocycles. The maximum absolute atomic E-state index is 13.3. The third-order valence-electron chi connectivity index (χ3n) is 5.22. The van der Waals surface area contributed by atoms with Gasteiger partial charge in [0, 0.05) is 18.0 Å². The Labute approximate surface area is 147 Å². The molecule has 1 aliphatic heterocycles. The number of carbonyl (C=O) groups excluding carboxylic acids is 1. The number of alkyl halides is 3. The molecule has 3 rings (SSSR count). The molecule has 2 aliphatic rings. The highest BCUT2D eigenvalue weighted by molar-refractivity contribution is 7.14. The molecule has 1 aromatic rings. The number of rotatable bonds is 2. The van der Waals surface area contributed by atoms with Crippen LogP contribution in [-0.2, 0) is 17.6 Å². The quantitative estimate of drug-likeness (QED) is 0.853. The van der Waals surface area contributed by atoms with Crippen molar-refractivity contribution in [3.8, 4) is 0 Å². The van der Waals surface area contributed by atoms with Gasteiger partial charge < -0.3 is 10.0 Å². The van der Waals surface area contributed by atoms with E-state index in [1.165, 1.54) is 11.3 Å². The molecule has 1 amide bonds. The molecule has 1 aromatic heterocycles. The van der Waals surface area contributed by atoms with Crippen molar-refractivity contribution in [1.82, 2.24) is 4.90 Å². The van der Waals surface area contributed by atoms with Crippen LogP contribution >= 0.6 is 11.3 Å². The van der Waals surface area contributed by atoms with Crippen LogP contribution in [-0.4, -0.2) is 41.1 Å². The van der Waals surface area contributed by atoms with E-state index in [0.717, 1.165) is 53.9 Å². The van der Waals surface area contributed by atoms with Crippen LogP contribution in [0, 0.1) is 5.41 Å². The molecule has 0 aromatic carbocycles. The number of aryl methyl sites for hydroxylation is 2. The summed E-state index contributed by atoms with van der Waals surface area (Å²) >= 11 is 1.35. The van der Waals surface area contributed by atoms with Crippen LogP contribution in [0.4, 0.5) is 13.2 Å².